The Balaban J connectivity index is 1.71. The summed E-state index contributed by atoms with van der Waals surface area (Å²) >= 11 is 6.05. The van der Waals surface area contributed by atoms with E-state index >= 15 is 0 Å². The zero-order valence-corrected chi connectivity index (χ0v) is 18.6. The lowest BCUT2D eigenvalue weighted by atomic mass is 10.2. The first-order valence-electron chi connectivity index (χ1n) is 10.4. The Hall–Kier alpha value is -3.19. The van der Waals surface area contributed by atoms with Crippen LogP contribution in [0.25, 0.3) is 0 Å². The van der Waals surface area contributed by atoms with Crippen molar-refractivity contribution >= 4 is 34.7 Å². The van der Waals surface area contributed by atoms with Crippen molar-refractivity contribution in [3.05, 3.63) is 69.5 Å². The highest BCUT2D eigenvalue weighted by molar-refractivity contribution is 6.30. The van der Waals surface area contributed by atoms with E-state index in [1.54, 1.807) is 0 Å². The number of nitrogens with zero attached hydrogens (tertiary/aromatic N) is 3. The van der Waals surface area contributed by atoms with Crippen LogP contribution in [0.3, 0.4) is 0 Å². The molecule has 0 amide bonds. The first-order chi connectivity index (χ1) is 14.9. The minimum Gasteiger partial charge on any atom is -0.491 e. The van der Waals surface area contributed by atoms with Gasteiger partial charge in [0.2, 0.25) is 5.95 Å². The summed E-state index contributed by atoms with van der Waals surface area (Å²) in [5, 5.41) is 7.35. The summed E-state index contributed by atoms with van der Waals surface area (Å²) in [5.41, 5.74) is 2.22. The Bertz CT molecular complexity index is 1110. The summed E-state index contributed by atoms with van der Waals surface area (Å²) in [7, 11) is 0. The molecule has 2 heterocycles. The van der Waals surface area contributed by atoms with E-state index in [0.29, 0.717) is 29.9 Å². The summed E-state index contributed by atoms with van der Waals surface area (Å²) in [5.74, 6) is 2.03. The number of aromatic nitrogens is 2. The van der Waals surface area contributed by atoms with Crippen molar-refractivity contribution in [2.45, 2.75) is 33.4 Å². The third-order valence-electron chi connectivity index (χ3n) is 5.03. The molecule has 0 saturated carbocycles. The van der Waals surface area contributed by atoms with E-state index in [-0.39, 0.29) is 11.7 Å². The van der Waals surface area contributed by atoms with E-state index in [2.05, 4.69) is 15.6 Å². The number of benzene rings is 2. The SMILES string of the molecule is CCN1CNc2c1c(=O)nc(Nc1ccc(OC(C)C)cc1)n2Cc1ccc(Cl)cc1. The van der Waals surface area contributed by atoms with Gasteiger partial charge >= 0.3 is 0 Å². The molecule has 0 bridgehead atoms. The fourth-order valence-electron chi connectivity index (χ4n) is 3.57. The largest absolute Gasteiger partial charge is 0.491 e. The number of ether oxygens (including phenoxy) is 1. The van der Waals surface area contributed by atoms with Gasteiger partial charge in [-0.05, 0) is 62.7 Å². The fraction of sp³-hybridized carbons (Fsp3) is 0.304. The molecule has 1 aliphatic heterocycles. The number of fused-ring (bicyclic) bond motifs is 1. The number of nitrogens with one attached hydrogen (secondary N) is 2. The van der Waals surface area contributed by atoms with Crippen LogP contribution in [0.4, 0.5) is 23.1 Å². The van der Waals surface area contributed by atoms with Crippen molar-refractivity contribution in [1.82, 2.24) is 9.55 Å². The standard InChI is InChI=1S/C23H26ClN5O2/c1-4-28-14-25-21-20(28)22(30)27-23(29(21)13-16-5-7-17(24)8-6-16)26-18-9-11-19(12-10-18)31-15(2)3/h5-12,15,25H,4,13-14H2,1-3H3,(H,26,27,30). The first kappa shape index (κ1) is 21.1. The van der Waals surface area contributed by atoms with E-state index in [9.17, 15) is 4.79 Å². The molecule has 4 rings (SSSR count). The Morgan fingerprint density at radius 2 is 1.87 bits per heavy atom. The molecule has 162 valence electrons. The van der Waals surface area contributed by atoms with Gasteiger partial charge in [-0.25, -0.2) is 0 Å². The molecule has 8 heteroatoms. The zero-order chi connectivity index (χ0) is 22.0. The molecule has 31 heavy (non-hydrogen) atoms. The molecule has 3 aromatic rings. The quantitative estimate of drug-likeness (QED) is 0.556. The molecular formula is C23H26ClN5O2. The second-order valence-corrected chi connectivity index (χ2v) is 8.09. The maximum absolute atomic E-state index is 12.8. The molecule has 0 spiro atoms. The van der Waals surface area contributed by atoms with Crippen molar-refractivity contribution in [2.75, 3.05) is 28.7 Å². The van der Waals surface area contributed by atoms with E-state index in [4.69, 9.17) is 16.3 Å². The van der Waals surface area contributed by atoms with Crippen LogP contribution >= 0.6 is 11.6 Å². The Morgan fingerprint density at radius 3 is 2.52 bits per heavy atom. The van der Waals surface area contributed by atoms with E-state index < -0.39 is 0 Å². The molecule has 1 aromatic heterocycles. The number of hydrogen-bond acceptors (Lipinski definition) is 6. The minimum atomic E-state index is -0.253. The van der Waals surface area contributed by atoms with Crippen molar-refractivity contribution < 1.29 is 4.74 Å². The maximum atomic E-state index is 12.8. The van der Waals surface area contributed by atoms with Gasteiger partial charge in [0.15, 0.2) is 0 Å². The Kier molecular flexibility index (Phi) is 6.04. The highest BCUT2D eigenvalue weighted by Crippen LogP contribution is 2.31. The second-order valence-electron chi connectivity index (χ2n) is 7.66. The average Bonchev–Trinajstić information content (AvgIpc) is 3.18. The van der Waals surface area contributed by atoms with Crippen molar-refractivity contribution in [3.63, 3.8) is 0 Å². The van der Waals surface area contributed by atoms with Crippen molar-refractivity contribution in [2.24, 2.45) is 0 Å². The predicted molar refractivity (Wildman–Crippen MR) is 126 cm³/mol. The van der Waals surface area contributed by atoms with Gasteiger partial charge < -0.3 is 20.3 Å². The molecule has 0 unspecified atom stereocenters. The van der Waals surface area contributed by atoms with Crippen molar-refractivity contribution in [3.8, 4) is 5.75 Å². The van der Waals surface area contributed by atoms with E-state index in [0.717, 1.165) is 29.4 Å². The molecular weight excluding hydrogens is 414 g/mol. The van der Waals surface area contributed by atoms with Gasteiger partial charge in [0.25, 0.3) is 5.56 Å². The van der Waals surface area contributed by atoms with Crippen LogP contribution in [-0.4, -0.2) is 28.9 Å². The topological polar surface area (TPSA) is 71.4 Å². The van der Waals surface area contributed by atoms with Gasteiger partial charge in [-0.3, -0.25) is 9.36 Å². The van der Waals surface area contributed by atoms with Crippen LogP contribution in [0, 0.1) is 0 Å². The minimum absolute atomic E-state index is 0.106. The van der Waals surface area contributed by atoms with Gasteiger partial charge in [-0.2, -0.15) is 4.98 Å². The molecule has 0 aliphatic carbocycles. The molecule has 2 aromatic carbocycles. The van der Waals surface area contributed by atoms with Gasteiger partial charge in [0.1, 0.15) is 17.3 Å². The molecule has 7 nitrogen and oxygen atoms in total. The summed E-state index contributed by atoms with van der Waals surface area (Å²) in [6, 6.07) is 15.3. The zero-order valence-electron chi connectivity index (χ0n) is 17.9. The Labute approximate surface area is 186 Å². The molecule has 2 N–H and O–H groups in total. The number of halogens is 1. The average molecular weight is 440 g/mol. The maximum Gasteiger partial charge on any atom is 0.300 e. The van der Waals surface area contributed by atoms with E-state index in [1.165, 1.54) is 0 Å². The van der Waals surface area contributed by atoms with Gasteiger partial charge in [0.05, 0.1) is 19.3 Å². The van der Waals surface area contributed by atoms with Crippen LogP contribution in [-0.2, 0) is 6.54 Å². The number of hydrogen-bond donors (Lipinski definition) is 2. The fourth-order valence-corrected chi connectivity index (χ4v) is 3.69. The normalized spacial score (nSPS) is 12.6. The second kappa shape index (κ2) is 8.89. The predicted octanol–water partition coefficient (Wildman–Crippen LogP) is 4.69. The van der Waals surface area contributed by atoms with Crippen LogP contribution < -0.4 is 25.8 Å². The molecule has 0 atom stereocenters. The number of rotatable bonds is 7. The highest BCUT2D eigenvalue weighted by atomic mass is 35.5. The summed E-state index contributed by atoms with van der Waals surface area (Å²) in [4.78, 5) is 19.2. The first-order valence-corrected chi connectivity index (χ1v) is 10.7. The van der Waals surface area contributed by atoms with Crippen molar-refractivity contribution in [1.29, 1.82) is 0 Å². The van der Waals surface area contributed by atoms with Gasteiger partial charge in [0, 0.05) is 17.3 Å². The third-order valence-corrected chi connectivity index (χ3v) is 5.28. The smallest absolute Gasteiger partial charge is 0.300 e. The lowest BCUT2D eigenvalue weighted by Gasteiger charge is -2.19. The lowest BCUT2D eigenvalue weighted by Crippen LogP contribution is -2.27. The summed E-state index contributed by atoms with van der Waals surface area (Å²) < 4.78 is 7.70. The van der Waals surface area contributed by atoms with E-state index in [1.807, 2.05) is 78.8 Å². The molecule has 0 saturated heterocycles. The summed E-state index contributed by atoms with van der Waals surface area (Å²) in [6.07, 6.45) is 0.106. The third kappa shape index (κ3) is 4.61. The van der Waals surface area contributed by atoms with Crippen LogP contribution in [0.15, 0.2) is 53.3 Å². The van der Waals surface area contributed by atoms with Crippen LogP contribution in [0.5, 0.6) is 5.75 Å². The summed E-state index contributed by atoms with van der Waals surface area (Å²) in [6.45, 7) is 7.84. The van der Waals surface area contributed by atoms with Crippen LogP contribution in [0.2, 0.25) is 5.02 Å². The lowest BCUT2D eigenvalue weighted by molar-refractivity contribution is 0.242. The Morgan fingerprint density at radius 1 is 1.16 bits per heavy atom. The van der Waals surface area contributed by atoms with Gasteiger partial charge in [-0.15, -0.1) is 0 Å². The highest BCUT2D eigenvalue weighted by Gasteiger charge is 2.26. The molecule has 0 fully saturated rings. The molecule has 1 aliphatic rings. The molecule has 0 radical (unpaired) electrons. The van der Waals surface area contributed by atoms with Crippen LogP contribution in [0.1, 0.15) is 26.3 Å². The monoisotopic (exact) mass is 439 g/mol. The number of anilines is 4. The van der Waals surface area contributed by atoms with Gasteiger partial charge in [-0.1, -0.05) is 23.7 Å².